The summed E-state index contributed by atoms with van der Waals surface area (Å²) < 4.78 is 0. The lowest BCUT2D eigenvalue weighted by Gasteiger charge is -2.02. The molecule has 0 saturated carbocycles. The Morgan fingerprint density at radius 1 is 0.462 bits per heavy atom. The van der Waals surface area contributed by atoms with Gasteiger partial charge in [0.2, 0.25) is 0 Å². The molecule has 0 aliphatic heterocycles. The van der Waals surface area contributed by atoms with Crippen molar-refractivity contribution in [3.8, 4) is 0 Å². The lowest BCUT2D eigenvalue weighted by molar-refractivity contribution is 0.467. The van der Waals surface area contributed by atoms with Gasteiger partial charge in [0.25, 0.3) is 0 Å². The van der Waals surface area contributed by atoms with Crippen molar-refractivity contribution in [3.63, 3.8) is 0 Å². The molecular weight excluding hydrogens is 324 g/mol. The monoisotopic (exact) mass is 348 g/mol. The van der Waals surface area contributed by atoms with E-state index < -0.39 is 0 Å². The van der Waals surface area contributed by atoms with E-state index in [0.717, 1.165) is 48.0 Å². The first-order valence-electron chi connectivity index (χ1n) is 9.48. The second kappa shape index (κ2) is 8.08. The van der Waals surface area contributed by atoms with E-state index in [1.807, 2.05) is 58.1 Å². The van der Waals surface area contributed by atoms with Gasteiger partial charge in [-0.15, -0.1) is 0 Å². The van der Waals surface area contributed by atoms with Gasteiger partial charge in [0.05, 0.1) is 13.1 Å². The van der Waals surface area contributed by atoms with Gasteiger partial charge in [-0.2, -0.15) is 30.0 Å². The Morgan fingerprint density at radius 3 is 1.12 bits per heavy atom. The van der Waals surface area contributed by atoms with Gasteiger partial charge < -0.3 is 0 Å². The van der Waals surface area contributed by atoms with Gasteiger partial charge >= 0.3 is 0 Å². The molecule has 6 heteroatoms. The number of nitrogens with zero attached hydrogens (tertiary/aromatic N) is 6. The standard InChI is InChI=1S/C20H24N6/c1(3-9-15-25-21-17-11-5-6-12-18(17)22-25)2-4-10-16-26-23-19-13-7-8-14-20(19)24-26/h5-8,11-14H,1-4,9-10,15-16H2. The largest absolute Gasteiger partial charge is 0.184 e. The molecule has 0 amide bonds. The summed E-state index contributed by atoms with van der Waals surface area (Å²) in [6.45, 7) is 1.80. The summed E-state index contributed by atoms with van der Waals surface area (Å²) in [5, 5.41) is 18.0. The Morgan fingerprint density at radius 2 is 0.769 bits per heavy atom. The van der Waals surface area contributed by atoms with E-state index in [9.17, 15) is 0 Å². The average Bonchev–Trinajstić information content (AvgIpc) is 3.26. The van der Waals surface area contributed by atoms with Crippen molar-refractivity contribution >= 4 is 22.1 Å². The van der Waals surface area contributed by atoms with Gasteiger partial charge in [-0.1, -0.05) is 49.9 Å². The lowest BCUT2D eigenvalue weighted by atomic mass is 10.1. The molecule has 0 unspecified atom stereocenters. The molecule has 0 aliphatic rings. The second-order valence-corrected chi connectivity index (χ2v) is 6.69. The number of aryl methyl sites for hydroxylation is 2. The molecule has 0 radical (unpaired) electrons. The quantitative estimate of drug-likeness (QED) is 0.425. The fourth-order valence-electron chi connectivity index (χ4n) is 3.22. The zero-order valence-corrected chi connectivity index (χ0v) is 15.0. The summed E-state index contributed by atoms with van der Waals surface area (Å²) in [4.78, 5) is 3.66. The zero-order chi connectivity index (χ0) is 17.6. The molecule has 0 aliphatic carbocycles. The molecule has 26 heavy (non-hydrogen) atoms. The molecule has 0 atom stereocenters. The lowest BCUT2D eigenvalue weighted by Crippen LogP contribution is -2.02. The molecule has 0 saturated heterocycles. The van der Waals surface area contributed by atoms with Crippen LogP contribution in [0.4, 0.5) is 0 Å². The average molecular weight is 348 g/mol. The predicted octanol–water partition coefficient (Wildman–Crippen LogP) is 4.22. The van der Waals surface area contributed by atoms with Gasteiger partial charge in [0.1, 0.15) is 22.1 Å². The third-order valence-corrected chi connectivity index (χ3v) is 4.62. The van der Waals surface area contributed by atoms with Gasteiger partial charge in [-0.05, 0) is 37.1 Å². The summed E-state index contributed by atoms with van der Waals surface area (Å²) in [5.74, 6) is 0. The number of hydrogen-bond donors (Lipinski definition) is 0. The van der Waals surface area contributed by atoms with Gasteiger partial charge in [0.15, 0.2) is 0 Å². The van der Waals surface area contributed by atoms with Crippen LogP contribution in [0.5, 0.6) is 0 Å². The van der Waals surface area contributed by atoms with Crippen molar-refractivity contribution in [2.45, 2.75) is 51.6 Å². The number of benzene rings is 2. The Labute approximate surface area is 152 Å². The van der Waals surface area contributed by atoms with Crippen LogP contribution in [0.25, 0.3) is 22.1 Å². The van der Waals surface area contributed by atoms with Crippen LogP contribution in [0.15, 0.2) is 48.5 Å². The van der Waals surface area contributed by atoms with E-state index >= 15 is 0 Å². The second-order valence-electron chi connectivity index (χ2n) is 6.69. The van der Waals surface area contributed by atoms with Crippen LogP contribution in [0.3, 0.4) is 0 Å². The molecule has 0 N–H and O–H groups in total. The van der Waals surface area contributed by atoms with Crippen molar-refractivity contribution in [2.24, 2.45) is 0 Å². The van der Waals surface area contributed by atoms with Crippen molar-refractivity contribution in [3.05, 3.63) is 48.5 Å². The van der Waals surface area contributed by atoms with E-state index in [1.54, 1.807) is 0 Å². The predicted molar refractivity (Wildman–Crippen MR) is 103 cm³/mol. The van der Waals surface area contributed by atoms with Crippen LogP contribution in [0.1, 0.15) is 38.5 Å². The maximum atomic E-state index is 4.50. The number of hydrogen-bond acceptors (Lipinski definition) is 4. The van der Waals surface area contributed by atoms with E-state index in [2.05, 4.69) is 20.4 Å². The normalized spacial score (nSPS) is 11.5. The van der Waals surface area contributed by atoms with Crippen LogP contribution in [0.2, 0.25) is 0 Å². The number of aromatic nitrogens is 6. The summed E-state index contributed by atoms with van der Waals surface area (Å²) in [7, 11) is 0. The third kappa shape index (κ3) is 4.07. The Hall–Kier alpha value is -2.76. The number of unbranched alkanes of at least 4 members (excludes halogenated alkanes) is 5. The highest BCUT2D eigenvalue weighted by Gasteiger charge is 2.02. The molecule has 4 aromatic rings. The zero-order valence-electron chi connectivity index (χ0n) is 15.0. The van der Waals surface area contributed by atoms with E-state index in [4.69, 9.17) is 0 Å². The topological polar surface area (TPSA) is 61.4 Å². The molecule has 2 aromatic heterocycles. The van der Waals surface area contributed by atoms with Crippen LogP contribution in [-0.2, 0) is 13.1 Å². The van der Waals surface area contributed by atoms with Crippen LogP contribution in [0, 0.1) is 0 Å². The fraction of sp³-hybridized carbons (Fsp3) is 0.400. The van der Waals surface area contributed by atoms with Gasteiger partial charge in [-0.25, -0.2) is 0 Å². The van der Waals surface area contributed by atoms with Crippen LogP contribution >= 0.6 is 0 Å². The highest BCUT2D eigenvalue weighted by molar-refractivity contribution is 5.73. The van der Waals surface area contributed by atoms with Gasteiger partial charge in [-0.3, -0.25) is 0 Å². The van der Waals surface area contributed by atoms with Crippen LogP contribution < -0.4 is 0 Å². The molecule has 134 valence electrons. The Kier molecular flexibility index (Phi) is 5.19. The first-order valence-corrected chi connectivity index (χ1v) is 9.48. The molecule has 2 aromatic carbocycles. The maximum Gasteiger partial charge on any atom is 0.113 e. The minimum atomic E-state index is 0.901. The molecule has 4 rings (SSSR count). The minimum absolute atomic E-state index is 0.901. The first kappa shape index (κ1) is 16.7. The van der Waals surface area contributed by atoms with Crippen molar-refractivity contribution in [1.29, 1.82) is 0 Å². The summed E-state index contributed by atoms with van der Waals surface area (Å²) in [6.07, 6.45) is 7.23. The summed E-state index contributed by atoms with van der Waals surface area (Å²) in [5.41, 5.74) is 3.92. The Bertz CT molecular complexity index is 824. The minimum Gasteiger partial charge on any atom is -0.184 e. The molecule has 0 spiro atoms. The highest BCUT2D eigenvalue weighted by Crippen LogP contribution is 2.11. The van der Waals surface area contributed by atoms with E-state index in [-0.39, 0.29) is 0 Å². The first-order chi connectivity index (χ1) is 12.9. The Balaban J connectivity index is 1.10. The summed E-state index contributed by atoms with van der Waals surface area (Å²) in [6, 6.07) is 16.1. The molecule has 0 bridgehead atoms. The molecular formula is C20H24N6. The van der Waals surface area contributed by atoms with E-state index in [0.29, 0.717) is 0 Å². The van der Waals surface area contributed by atoms with Crippen LogP contribution in [-0.4, -0.2) is 30.0 Å². The van der Waals surface area contributed by atoms with Crippen molar-refractivity contribution in [2.75, 3.05) is 0 Å². The molecule has 6 nitrogen and oxygen atoms in total. The smallest absolute Gasteiger partial charge is 0.113 e. The number of rotatable bonds is 9. The summed E-state index contributed by atoms with van der Waals surface area (Å²) >= 11 is 0. The highest BCUT2D eigenvalue weighted by atomic mass is 15.5. The fourth-order valence-corrected chi connectivity index (χ4v) is 3.22. The third-order valence-electron chi connectivity index (χ3n) is 4.62. The maximum absolute atomic E-state index is 4.50. The number of fused-ring (bicyclic) bond motifs is 2. The molecule has 0 fully saturated rings. The van der Waals surface area contributed by atoms with Gasteiger partial charge in [0, 0.05) is 0 Å². The van der Waals surface area contributed by atoms with Crippen molar-refractivity contribution in [1.82, 2.24) is 30.0 Å². The molecule has 2 heterocycles. The van der Waals surface area contributed by atoms with Crippen molar-refractivity contribution < 1.29 is 0 Å². The van der Waals surface area contributed by atoms with E-state index in [1.165, 1.54) is 25.7 Å². The SMILES string of the molecule is c1ccc2nn(CCCCCCCCn3nc4ccccc4n3)nc2c1.